The summed E-state index contributed by atoms with van der Waals surface area (Å²) in [5.74, 6) is -0.358. The minimum absolute atomic E-state index is 0.00145. The molecule has 6 nitrogen and oxygen atoms in total. The van der Waals surface area contributed by atoms with E-state index >= 15 is 0 Å². The van der Waals surface area contributed by atoms with Crippen LogP contribution in [0.25, 0.3) is 33.4 Å². The lowest BCUT2D eigenvalue weighted by molar-refractivity contribution is 0.0915. The largest absolute Gasteiger partial charge is 0.455 e. The third-order valence-corrected chi connectivity index (χ3v) is 6.27. The van der Waals surface area contributed by atoms with Gasteiger partial charge in [0, 0.05) is 36.2 Å². The minimum Gasteiger partial charge on any atom is -0.455 e. The van der Waals surface area contributed by atoms with Crippen molar-refractivity contribution >= 4 is 22.8 Å². The van der Waals surface area contributed by atoms with Crippen molar-refractivity contribution in [2.24, 2.45) is 5.92 Å². The topological polar surface area (TPSA) is 91.6 Å². The summed E-state index contributed by atoms with van der Waals surface area (Å²) in [6.07, 6.45) is 0.485. The summed E-state index contributed by atoms with van der Waals surface area (Å²) in [7, 11) is 1.54. The SMILES string of the molecule is CNC(=O)c1c(-c2ccc(F)cc2)oc2ccc(-c3cccc(C(=O)N[C@@H](CCO)C(C)C)c3)cc12. The fourth-order valence-corrected chi connectivity index (χ4v) is 4.24. The predicted octanol–water partition coefficient (Wildman–Crippen LogP) is 5.40. The third-order valence-electron chi connectivity index (χ3n) is 6.27. The van der Waals surface area contributed by atoms with E-state index in [1.165, 1.54) is 12.1 Å². The summed E-state index contributed by atoms with van der Waals surface area (Å²) in [6.45, 7) is 4.00. The van der Waals surface area contributed by atoms with E-state index in [1.807, 2.05) is 38.1 Å². The summed E-state index contributed by atoms with van der Waals surface area (Å²) < 4.78 is 19.5. The zero-order valence-corrected chi connectivity index (χ0v) is 20.5. The average molecular weight is 489 g/mol. The Labute approximate surface area is 209 Å². The normalized spacial score (nSPS) is 12.1. The van der Waals surface area contributed by atoms with Gasteiger partial charge in [-0.2, -0.15) is 0 Å². The van der Waals surface area contributed by atoms with E-state index in [4.69, 9.17) is 4.42 Å². The molecule has 0 saturated heterocycles. The first kappa shape index (κ1) is 25.1. The number of halogens is 1. The highest BCUT2D eigenvalue weighted by molar-refractivity contribution is 6.11. The maximum Gasteiger partial charge on any atom is 0.255 e. The van der Waals surface area contributed by atoms with Crippen molar-refractivity contribution in [3.05, 3.63) is 83.7 Å². The highest BCUT2D eigenvalue weighted by Gasteiger charge is 2.22. The number of aliphatic hydroxyl groups excluding tert-OH is 1. The first-order chi connectivity index (χ1) is 17.3. The molecule has 0 aliphatic carbocycles. The van der Waals surface area contributed by atoms with Crippen LogP contribution in [0.5, 0.6) is 0 Å². The van der Waals surface area contributed by atoms with Crippen molar-refractivity contribution in [3.8, 4) is 22.5 Å². The molecule has 2 amide bonds. The van der Waals surface area contributed by atoms with Gasteiger partial charge < -0.3 is 20.2 Å². The second-order valence-corrected chi connectivity index (χ2v) is 9.02. The third kappa shape index (κ3) is 5.16. The summed E-state index contributed by atoms with van der Waals surface area (Å²) in [5, 5.41) is 15.6. The quantitative estimate of drug-likeness (QED) is 0.310. The molecular formula is C29H29FN2O4. The van der Waals surface area contributed by atoms with Gasteiger partial charge in [-0.1, -0.05) is 32.0 Å². The minimum atomic E-state index is -0.376. The Balaban J connectivity index is 1.74. The van der Waals surface area contributed by atoms with Crippen molar-refractivity contribution in [2.45, 2.75) is 26.3 Å². The van der Waals surface area contributed by atoms with Gasteiger partial charge in [-0.25, -0.2) is 4.39 Å². The molecule has 0 unspecified atom stereocenters. The predicted molar refractivity (Wildman–Crippen MR) is 138 cm³/mol. The molecular weight excluding hydrogens is 459 g/mol. The van der Waals surface area contributed by atoms with Crippen LogP contribution in [-0.2, 0) is 0 Å². The Morgan fingerprint density at radius 3 is 2.31 bits per heavy atom. The van der Waals surface area contributed by atoms with Crippen LogP contribution in [0, 0.1) is 11.7 Å². The van der Waals surface area contributed by atoms with Gasteiger partial charge in [0.05, 0.1) is 5.56 Å². The standard InChI is InChI=1S/C29H29FN2O4/c1-17(2)24(13-14-33)32-28(34)21-6-4-5-19(15-21)20-9-12-25-23(16-20)26(29(35)31-3)27(36-25)18-7-10-22(30)11-8-18/h4-12,15-17,24,33H,13-14H2,1-3H3,(H,31,35)(H,32,34)/t24-/m0/s1. The molecule has 1 heterocycles. The molecule has 0 spiro atoms. The molecule has 0 bridgehead atoms. The van der Waals surface area contributed by atoms with Gasteiger partial charge in [0.15, 0.2) is 0 Å². The molecule has 186 valence electrons. The first-order valence-electron chi connectivity index (χ1n) is 11.9. The summed E-state index contributed by atoms with van der Waals surface area (Å²) in [6, 6.07) is 18.4. The monoisotopic (exact) mass is 488 g/mol. The van der Waals surface area contributed by atoms with E-state index in [1.54, 1.807) is 37.4 Å². The molecule has 0 radical (unpaired) electrons. The van der Waals surface area contributed by atoms with Gasteiger partial charge in [0.1, 0.15) is 17.2 Å². The number of carbonyl (C=O) groups excluding carboxylic acids is 2. The Bertz CT molecular complexity index is 1390. The second-order valence-electron chi connectivity index (χ2n) is 9.02. The lowest BCUT2D eigenvalue weighted by atomic mass is 9.98. The van der Waals surface area contributed by atoms with E-state index in [0.29, 0.717) is 39.8 Å². The Morgan fingerprint density at radius 2 is 1.64 bits per heavy atom. The van der Waals surface area contributed by atoms with Crippen molar-refractivity contribution in [1.29, 1.82) is 0 Å². The number of rotatable bonds is 8. The number of fused-ring (bicyclic) bond motifs is 1. The van der Waals surface area contributed by atoms with E-state index in [0.717, 1.165) is 11.1 Å². The van der Waals surface area contributed by atoms with Crippen molar-refractivity contribution < 1.29 is 23.5 Å². The number of aliphatic hydroxyl groups is 1. The van der Waals surface area contributed by atoms with E-state index in [2.05, 4.69) is 10.6 Å². The Hall–Kier alpha value is -3.97. The average Bonchev–Trinajstić information content (AvgIpc) is 3.27. The number of benzene rings is 3. The molecule has 36 heavy (non-hydrogen) atoms. The maximum absolute atomic E-state index is 13.5. The van der Waals surface area contributed by atoms with Gasteiger partial charge in [0.25, 0.3) is 11.8 Å². The van der Waals surface area contributed by atoms with E-state index in [9.17, 15) is 19.1 Å². The molecule has 0 fully saturated rings. The number of hydrogen-bond acceptors (Lipinski definition) is 4. The van der Waals surface area contributed by atoms with Crippen LogP contribution in [0.2, 0.25) is 0 Å². The van der Waals surface area contributed by atoms with Gasteiger partial charge >= 0.3 is 0 Å². The van der Waals surface area contributed by atoms with Crippen LogP contribution in [0.1, 0.15) is 41.0 Å². The molecule has 1 aromatic heterocycles. The number of furan rings is 1. The second kappa shape index (κ2) is 10.7. The molecule has 7 heteroatoms. The first-order valence-corrected chi connectivity index (χ1v) is 11.9. The zero-order valence-electron chi connectivity index (χ0n) is 20.5. The highest BCUT2D eigenvalue weighted by atomic mass is 19.1. The van der Waals surface area contributed by atoms with Gasteiger partial charge in [0.2, 0.25) is 0 Å². The molecule has 3 N–H and O–H groups in total. The van der Waals surface area contributed by atoms with Gasteiger partial charge in [-0.3, -0.25) is 9.59 Å². The van der Waals surface area contributed by atoms with Crippen LogP contribution in [-0.4, -0.2) is 36.6 Å². The zero-order chi connectivity index (χ0) is 25.8. The highest BCUT2D eigenvalue weighted by Crippen LogP contribution is 2.36. The Morgan fingerprint density at radius 1 is 0.944 bits per heavy atom. The molecule has 1 atom stereocenters. The fourth-order valence-electron chi connectivity index (χ4n) is 4.24. The van der Waals surface area contributed by atoms with Crippen molar-refractivity contribution in [3.63, 3.8) is 0 Å². The summed E-state index contributed by atoms with van der Waals surface area (Å²) in [4.78, 5) is 25.7. The molecule has 0 aliphatic heterocycles. The van der Waals surface area contributed by atoms with Crippen LogP contribution < -0.4 is 10.6 Å². The summed E-state index contributed by atoms with van der Waals surface area (Å²) >= 11 is 0. The van der Waals surface area contributed by atoms with Gasteiger partial charge in [-0.05, 0) is 72.0 Å². The molecule has 0 aliphatic rings. The number of hydrogen-bond donors (Lipinski definition) is 3. The van der Waals surface area contributed by atoms with E-state index < -0.39 is 0 Å². The lowest BCUT2D eigenvalue weighted by Crippen LogP contribution is -2.39. The fraction of sp³-hybridized carbons (Fsp3) is 0.241. The molecule has 0 saturated carbocycles. The van der Waals surface area contributed by atoms with Crippen molar-refractivity contribution in [2.75, 3.05) is 13.7 Å². The van der Waals surface area contributed by atoms with Gasteiger partial charge in [-0.15, -0.1) is 0 Å². The smallest absolute Gasteiger partial charge is 0.255 e. The van der Waals surface area contributed by atoms with Crippen LogP contribution in [0.15, 0.2) is 71.1 Å². The van der Waals surface area contributed by atoms with Crippen LogP contribution in [0.4, 0.5) is 4.39 Å². The number of nitrogens with one attached hydrogen (secondary N) is 2. The van der Waals surface area contributed by atoms with Crippen LogP contribution >= 0.6 is 0 Å². The molecule has 4 rings (SSSR count). The maximum atomic E-state index is 13.5. The Kier molecular flexibility index (Phi) is 7.50. The molecule has 4 aromatic rings. The van der Waals surface area contributed by atoms with Crippen LogP contribution in [0.3, 0.4) is 0 Å². The number of amides is 2. The van der Waals surface area contributed by atoms with E-state index in [-0.39, 0.29) is 36.2 Å². The number of carbonyl (C=O) groups is 2. The summed E-state index contributed by atoms with van der Waals surface area (Å²) in [5.41, 5.74) is 3.59. The molecule has 3 aromatic carbocycles. The lowest BCUT2D eigenvalue weighted by Gasteiger charge is -2.21. The van der Waals surface area contributed by atoms with Crippen molar-refractivity contribution in [1.82, 2.24) is 10.6 Å².